The molecule has 0 aliphatic carbocycles. The van der Waals surface area contributed by atoms with Crippen LogP contribution in [0.3, 0.4) is 0 Å². The van der Waals surface area contributed by atoms with E-state index in [9.17, 15) is 32.5 Å². The molecule has 1 heterocycles. The predicted octanol–water partition coefficient (Wildman–Crippen LogP) is 0.534. The lowest BCUT2D eigenvalue weighted by molar-refractivity contribution is -0.141. The van der Waals surface area contributed by atoms with Crippen molar-refractivity contribution in [2.24, 2.45) is 0 Å². The summed E-state index contributed by atoms with van der Waals surface area (Å²) in [7, 11) is -4.02. The molecule has 1 amide bonds. The smallest absolute Gasteiger partial charge is 0.355 e. The van der Waals surface area contributed by atoms with Crippen LogP contribution in [0.1, 0.15) is 35.9 Å². The molecule has 1 aromatic rings. The van der Waals surface area contributed by atoms with Crippen LogP contribution >= 0.6 is 11.8 Å². The molecule has 0 fully saturated rings. The highest BCUT2D eigenvalue weighted by molar-refractivity contribution is 8.02. The Bertz CT molecular complexity index is 845. The molecule has 1 aromatic heterocycles. The largest absolute Gasteiger partial charge is 0.726 e. The van der Waals surface area contributed by atoms with Crippen LogP contribution < -0.4 is 5.32 Å². The third-order valence-electron chi connectivity index (χ3n) is 3.08. The van der Waals surface area contributed by atoms with E-state index >= 15 is 0 Å². The molecule has 0 saturated carbocycles. The molecule has 0 bridgehead atoms. The van der Waals surface area contributed by atoms with Crippen molar-refractivity contribution in [2.45, 2.75) is 30.8 Å². The third-order valence-corrected chi connectivity index (χ3v) is 4.47. The lowest BCUT2D eigenvalue weighted by Crippen LogP contribution is -2.28. The maximum atomic E-state index is 11.9. The van der Waals surface area contributed by atoms with E-state index in [2.05, 4.69) is 19.2 Å². The van der Waals surface area contributed by atoms with Crippen LogP contribution in [0.25, 0.3) is 0 Å². The van der Waals surface area contributed by atoms with Gasteiger partial charge < -0.3 is 24.7 Å². The molecule has 150 valence electrons. The first kappa shape index (κ1) is 22.7. The van der Waals surface area contributed by atoms with E-state index in [1.165, 1.54) is 24.6 Å². The number of methoxy groups -OCH3 is 1. The van der Waals surface area contributed by atoms with Crippen LogP contribution in [0.2, 0.25) is 0 Å². The van der Waals surface area contributed by atoms with Crippen LogP contribution in [0, 0.1) is 0 Å². The highest BCUT2D eigenvalue weighted by Crippen LogP contribution is 2.31. The molecule has 13 heteroatoms. The number of esters is 1. The Morgan fingerprint density at radius 1 is 1.41 bits per heavy atom. The summed E-state index contributed by atoms with van der Waals surface area (Å²) in [5.74, 6) is -4.17. The molecule has 0 unspecified atom stereocenters. The molecule has 0 aliphatic heterocycles. The lowest BCUT2D eigenvalue weighted by Gasteiger charge is -2.20. The summed E-state index contributed by atoms with van der Waals surface area (Å²) in [5.41, 5.74) is -0.164. The van der Waals surface area contributed by atoms with Crippen molar-refractivity contribution in [1.29, 1.82) is 0 Å². The van der Waals surface area contributed by atoms with E-state index in [1.807, 2.05) is 0 Å². The fraction of sp³-hybridized carbons (Fsp3) is 0.357. The first-order valence-electron chi connectivity index (χ1n) is 7.23. The van der Waals surface area contributed by atoms with Gasteiger partial charge in [0, 0.05) is 23.7 Å². The highest BCUT2D eigenvalue weighted by Gasteiger charge is 2.32. The SMILES string of the molecule is COC(=O)c1[nH]c([C@@H](C(=O)O)[C@H](C)OS(=O)(=O)[O-])cc1S/C=C/NC(C)=O. The van der Waals surface area contributed by atoms with Gasteiger partial charge in [-0.3, -0.25) is 13.8 Å². The van der Waals surface area contributed by atoms with Crippen LogP contribution in [-0.2, 0) is 28.9 Å². The number of hydrogen-bond acceptors (Lipinski definition) is 9. The number of ether oxygens (including phenoxy) is 1. The second-order valence-electron chi connectivity index (χ2n) is 5.10. The molecule has 0 radical (unpaired) electrons. The second-order valence-corrected chi connectivity index (χ2v) is 7.06. The summed E-state index contributed by atoms with van der Waals surface area (Å²) < 4.78 is 41.1. The standard InChI is InChI=1S/C14H18N2O9S2/c1-7(25-27(21,22)23)11(13(18)19)9-6-10(12(16-9)14(20)24-3)26-5-4-15-8(2)17/h4-7,11,16H,1-3H3,(H,15,17)(H,18,19)(H,21,22,23)/p-1/b5-4+/t7-,11-/m0/s1. The van der Waals surface area contributed by atoms with Gasteiger partial charge in [-0.15, -0.1) is 0 Å². The maximum Gasteiger partial charge on any atom is 0.355 e. The predicted molar refractivity (Wildman–Crippen MR) is 91.6 cm³/mol. The van der Waals surface area contributed by atoms with Crippen molar-refractivity contribution in [1.82, 2.24) is 10.3 Å². The summed E-state index contributed by atoms with van der Waals surface area (Å²) in [6.45, 7) is 2.39. The number of carbonyl (C=O) groups is 3. The van der Waals surface area contributed by atoms with Gasteiger partial charge in [0.2, 0.25) is 16.3 Å². The van der Waals surface area contributed by atoms with Crippen molar-refractivity contribution >= 4 is 40.0 Å². The van der Waals surface area contributed by atoms with Crippen LogP contribution in [-0.4, -0.2) is 54.1 Å². The molecule has 0 spiro atoms. The molecule has 11 nitrogen and oxygen atoms in total. The number of H-pyrrole nitrogens is 1. The number of amides is 1. The number of aromatic nitrogens is 1. The molecule has 3 N–H and O–H groups in total. The summed E-state index contributed by atoms with van der Waals surface area (Å²) in [6.07, 6.45) is -0.229. The van der Waals surface area contributed by atoms with Gasteiger partial charge in [0.15, 0.2) is 0 Å². The van der Waals surface area contributed by atoms with Gasteiger partial charge in [-0.05, 0) is 18.4 Å². The average molecular weight is 421 g/mol. The van der Waals surface area contributed by atoms with E-state index in [-0.39, 0.29) is 22.2 Å². The van der Waals surface area contributed by atoms with Gasteiger partial charge in [-0.2, -0.15) is 0 Å². The number of aromatic amines is 1. The first-order valence-corrected chi connectivity index (χ1v) is 9.44. The second kappa shape index (κ2) is 9.55. The zero-order chi connectivity index (χ0) is 20.8. The summed E-state index contributed by atoms with van der Waals surface area (Å²) >= 11 is 0.966. The van der Waals surface area contributed by atoms with Gasteiger partial charge in [-0.1, -0.05) is 11.8 Å². The van der Waals surface area contributed by atoms with Gasteiger partial charge >= 0.3 is 11.9 Å². The molecular weight excluding hydrogens is 404 g/mol. The summed E-state index contributed by atoms with van der Waals surface area (Å²) in [4.78, 5) is 37.1. The Hall–Kier alpha value is -2.35. The Morgan fingerprint density at radius 2 is 2.04 bits per heavy atom. The van der Waals surface area contributed by atoms with E-state index in [1.54, 1.807) is 0 Å². The number of hydrogen-bond donors (Lipinski definition) is 3. The fourth-order valence-electron chi connectivity index (χ4n) is 2.06. The number of carbonyl (C=O) groups excluding carboxylic acids is 2. The minimum Gasteiger partial charge on any atom is -0.726 e. The summed E-state index contributed by atoms with van der Waals surface area (Å²) in [5, 5.41) is 13.2. The number of rotatable bonds is 9. The van der Waals surface area contributed by atoms with Gasteiger partial charge in [0.05, 0.1) is 13.2 Å². The zero-order valence-corrected chi connectivity index (χ0v) is 16.0. The van der Waals surface area contributed by atoms with Gasteiger partial charge in [-0.25, -0.2) is 13.2 Å². The van der Waals surface area contributed by atoms with Crippen molar-refractivity contribution in [3.8, 4) is 0 Å². The molecule has 0 aromatic carbocycles. The van der Waals surface area contributed by atoms with E-state index in [0.29, 0.717) is 0 Å². The first-order chi connectivity index (χ1) is 12.5. The quantitative estimate of drug-likeness (QED) is 0.221. The van der Waals surface area contributed by atoms with Crippen molar-refractivity contribution in [3.63, 3.8) is 0 Å². The lowest BCUT2D eigenvalue weighted by atomic mass is 10.0. The Morgan fingerprint density at radius 3 is 2.52 bits per heavy atom. The van der Waals surface area contributed by atoms with Crippen molar-refractivity contribution < 1.29 is 41.4 Å². The molecule has 1 rings (SSSR count). The number of carboxylic acids is 1. The molecule has 27 heavy (non-hydrogen) atoms. The third kappa shape index (κ3) is 7.05. The Kier molecular flexibility index (Phi) is 8.02. The van der Waals surface area contributed by atoms with E-state index in [0.717, 1.165) is 25.8 Å². The maximum absolute atomic E-state index is 11.9. The fourth-order valence-corrected chi connectivity index (χ4v) is 3.27. The minimum atomic E-state index is -5.14. The van der Waals surface area contributed by atoms with Crippen LogP contribution in [0.4, 0.5) is 0 Å². The van der Waals surface area contributed by atoms with E-state index in [4.69, 9.17) is 0 Å². The number of aliphatic carboxylic acids is 1. The molecule has 2 atom stereocenters. The minimum absolute atomic E-state index is 0.0746. The molecular formula is C14H17N2O9S2-. The Balaban J connectivity index is 3.24. The van der Waals surface area contributed by atoms with Crippen LogP contribution in [0.5, 0.6) is 0 Å². The number of nitrogens with one attached hydrogen (secondary N) is 2. The van der Waals surface area contributed by atoms with Crippen molar-refractivity contribution in [3.05, 3.63) is 29.1 Å². The monoisotopic (exact) mass is 421 g/mol. The molecule has 0 aliphatic rings. The molecule has 0 saturated heterocycles. The summed E-state index contributed by atoms with van der Waals surface area (Å²) in [6, 6.07) is 1.28. The average Bonchev–Trinajstić information content (AvgIpc) is 2.92. The zero-order valence-electron chi connectivity index (χ0n) is 14.4. The van der Waals surface area contributed by atoms with E-state index < -0.39 is 34.4 Å². The van der Waals surface area contributed by atoms with Crippen molar-refractivity contribution in [2.75, 3.05) is 7.11 Å². The highest BCUT2D eigenvalue weighted by atomic mass is 32.3. The number of carboxylic acid groups (broad SMARTS) is 1. The Labute approximate surface area is 159 Å². The normalized spacial score (nSPS) is 13.9. The number of thioether (sulfide) groups is 1. The van der Waals surface area contributed by atoms with Crippen LogP contribution in [0.15, 0.2) is 22.6 Å². The van der Waals surface area contributed by atoms with Gasteiger partial charge in [0.25, 0.3) is 0 Å². The topological polar surface area (TPSA) is 175 Å². The van der Waals surface area contributed by atoms with Gasteiger partial charge in [0.1, 0.15) is 11.6 Å².